The number of amides is 1. The predicted octanol–water partition coefficient (Wildman–Crippen LogP) is 0.981. The summed E-state index contributed by atoms with van der Waals surface area (Å²) in [7, 11) is 1.25. The van der Waals surface area contributed by atoms with Crippen LogP contribution in [0, 0.1) is 12.3 Å². The van der Waals surface area contributed by atoms with Gasteiger partial charge in [-0.15, -0.1) is 12.3 Å². The molecule has 1 rings (SSSR count). The molecule has 0 radical (unpaired) electrons. The first-order valence-corrected chi connectivity index (χ1v) is 5.06. The van der Waals surface area contributed by atoms with Gasteiger partial charge >= 0.3 is 5.97 Å². The Morgan fingerprint density at radius 3 is 2.59 bits per heavy atom. The zero-order chi connectivity index (χ0) is 12.7. The predicted molar refractivity (Wildman–Crippen MR) is 63.2 cm³/mol. The first-order valence-electron chi connectivity index (χ1n) is 5.06. The van der Waals surface area contributed by atoms with Crippen LogP contribution in [0.2, 0.25) is 0 Å². The standard InChI is InChI=1S/C13H13NO3/c1-3-7-11(13(16)17-2)14-12(15)10-8-5-4-6-9-10/h1,4-6,8-9,11H,7H2,2H3,(H,14,15)/t11-/m1/s1. The molecule has 0 saturated heterocycles. The molecule has 1 amide bonds. The van der Waals surface area contributed by atoms with E-state index in [1.165, 1.54) is 7.11 Å². The number of esters is 1. The number of hydrogen-bond acceptors (Lipinski definition) is 3. The lowest BCUT2D eigenvalue weighted by Gasteiger charge is -2.13. The highest BCUT2D eigenvalue weighted by atomic mass is 16.5. The van der Waals surface area contributed by atoms with E-state index in [0.717, 1.165) is 0 Å². The molecule has 0 heterocycles. The van der Waals surface area contributed by atoms with E-state index in [-0.39, 0.29) is 12.3 Å². The molecule has 0 unspecified atom stereocenters. The van der Waals surface area contributed by atoms with Crippen LogP contribution in [0.15, 0.2) is 30.3 Å². The van der Waals surface area contributed by atoms with Crippen LogP contribution in [0.3, 0.4) is 0 Å². The number of rotatable bonds is 4. The van der Waals surface area contributed by atoms with Crippen molar-refractivity contribution in [2.45, 2.75) is 12.5 Å². The summed E-state index contributed by atoms with van der Waals surface area (Å²) in [6.07, 6.45) is 5.23. The van der Waals surface area contributed by atoms with Crippen LogP contribution in [-0.4, -0.2) is 25.0 Å². The zero-order valence-electron chi connectivity index (χ0n) is 9.47. The van der Waals surface area contributed by atoms with Crippen molar-refractivity contribution in [3.05, 3.63) is 35.9 Å². The van der Waals surface area contributed by atoms with E-state index in [2.05, 4.69) is 16.0 Å². The van der Waals surface area contributed by atoms with E-state index in [4.69, 9.17) is 6.42 Å². The summed E-state index contributed by atoms with van der Waals surface area (Å²) in [6, 6.07) is 7.78. The van der Waals surface area contributed by atoms with Gasteiger partial charge in [-0.05, 0) is 12.1 Å². The normalized spacial score (nSPS) is 11.1. The van der Waals surface area contributed by atoms with E-state index in [1.807, 2.05) is 0 Å². The lowest BCUT2D eigenvalue weighted by atomic mass is 10.1. The molecule has 88 valence electrons. The van der Waals surface area contributed by atoms with Gasteiger partial charge in [0.15, 0.2) is 0 Å². The van der Waals surface area contributed by atoms with Crippen molar-refractivity contribution < 1.29 is 14.3 Å². The van der Waals surface area contributed by atoms with Gasteiger partial charge in [-0.2, -0.15) is 0 Å². The van der Waals surface area contributed by atoms with Crippen LogP contribution < -0.4 is 5.32 Å². The van der Waals surface area contributed by atoms with Crippen molar-refractivity contribution in [1.82, 2.24) is 5.32 Å². The van der Waals surface area contributed by atoms with Gasteiger partial charge in [-0.25, -0.2) is 4.79 Å². The Balaban J connectivity index is 2.72. The monoisotopic (exact) mass is 231 g/mol. The van der Waals surface area contributed by atoms with E-state index < -0.39 is 12.0 Å². The van der Waals surface area contributed by atoms with Gasteiger partial charge in [0.2, 0.25) is 0 Å². The molecule has 0 aliphatic heterocycles. The van der Waals surface area contributed by atoms with Gasteiger partial charge in [0.1, 0.15) is 6.04 Å². The second-order valence-corrected chi connectivity index (χ2v) is 3.32. The fourth-order valence-electron chi connectivity index (χ4n) is 1.28. The third kappa shape index (κ3) is 3.65. The molecule has 0 aliphatic carbocycles. The summed E-state index contributed by atoms with van der Waals surface area (Å²) in [5.74, 6) is 1.42. The number of methoxy groups -OCH3 is 1. The van der Waals surface area contributed by atoms with Crippen LogP contribution in [0.5, 0.6) is 0 Å². The SMILES string of the molecule is C#CC[C@@H](NC(=O)c1ccccc1)C(=O)OC. The highest BCUT2D eigenvalue weighted by Crippen LogP contribution is 2.01. The number of ether oxygens (including phenoxy) is 1. The van der Waals surface area contributed by atoms with E-state index in [0.29, 0.717) is 5.56 Å². The summed E-state index contributed by atoms with van der Waals surface area (Å²) >= 11 is 0. The second kappa shape index (κ2) is 6.33. The number of hydrogen-bond donors (Lipinski definition) is 1. The van der Waals surface area contributed by atoms with Crippen LogP contribution in [-0.2, 0) is 9.53 Å². The largest absolute Gasteiger partial charge is 0.467 e. The maximum atomic E-state index is 11.8. The molecule has 4 heteroatoms. The van der Waals surface area contributed by atoms with Gasteiger partial charge in [0.05, 0.1) is 7.11 Å². The maximum Gasteiger partial charge on any atom is 0.329 e. The fraction of sp³-hybridized carbons (Fsp3) is 0.231. The molecule has 0 saturated carbocycles. The molecular formula is C13H13NO3. The first-order chi connectivity index (χ1) is 8.19. The highest BCUT2D eigenvalue weighted by Gasteiger charge is 2.20. The summed E-state index contributed by atoms with van der Waals surface area (Å²) < 4.78 is 4.55. The Morgan fingerprint density at radius 1 is 1.41 bits per heavy atom. The molecule has 4 nitrogen and oxygen atoms in total. The molecule has 0 spiro atoms. The smallest absolute Gasteiger partial charge is 0.329 e. The van der Waals surface area contributed by atoms with Gasteiger partial charge < -0.3 is 10.1 Å². The first kappa shape index (κ1) is 12.8. The number of carbonyl (C=O) groups is 2. The number of benzene rings is 1. The lowest BCUT2D eigenvalue weighted by Crippen LogP contribution is -2.41. The minimum absolute atomic E-state index is 0.102. The molecule has 0 aliphatic rings. The molecule has 0 aromatic heterocycles. The number of carbonyl (C=O) groups excluding carboxylic acids is 2. The quantitative estimate of drug-likeness (QED) is 0.621. The summed E-state index contributed by atoms with van der Waals surface area (Å²) in [6.45, 7) is 0. The summed E-state index contributed by atoms with van der Waals surface area (Å²) in [5.41, 5.74) is 0.471. The fourth-order valence-corrected chi connectivity index (χ4v) is 1.28. The van der Waals surface area contributed by atoms with E-state index in [1.54, 1.807) is 30.3 Å². The molecule has 17 heavy (non-hydrogen) atoms. The third-order valence-electron chi connectivity index (χ3n) is 2.15. The Hall–Kier alpha value is -2.28. The maximum absolute atomic E-state index is 11.8. The van der Waals surface area contributed by atoms with Crippen LogP contribution in [0.25, 0.3) is 0 Å². The minimum atomic E-state index is -0.808. The molecule has 0 fully saturated rings. The average Bonchev–Trinajstić information content (AvgIpc) is 2.38. The zero-order valence-corrected chi connectivity index (χ0v) is 9.47. The Bertz CT molecular complexity index is 434. The van der Waals surface area contributed by atoms with Gasteiger partial charge in [0.25, 0.3) is 5.91 Å². The molecule has 1 N–H and O–H groups in total. The number of nitrogens with one attached hydrogen (secondary N) is 1. The van der Waals surface area contributed by atoms with Gasteiger partial charge in [0, 0.05) is 12.0 Å². The van der Waals surface area contributed by atoms with Crippen molar-refractivity contribution in [3.8, 4) is 12.3 Å². The van der Waals surface area contributed by atoms with Gasteiger partial charge in [-0.1, -0.05) is 18.2 Å². The molecule has 1 aromatic carbocycles. The van der Waals surface area contributed by atoms with Crippen molar-refractivity contribution >= 4 is 11.9 Å². The van der Waals surface area contributed by atoms with E-state index in [9.17, 15) is 9.59 Å². The summed E-state index contributed by atoms with van der Waals surface area (Å²) in [4.78, 5) is 23.1. The highest BCUT2D eigenvalue weighted by molar-refractivity contribution is 5.96. The van der Waals surface area contributed by atoms with Crippen molar-refractivity contribution in [2.75, 3.05) is 7.11 Å². The average molecular weight is 231 g/mol. The lowest BCUT2D eigenvalue weighted by molar-refractivity contribution is -0.142. The Labute approximate surface area is 100.0 Å². The second-order valence-electron chi connectivity index (χ2n) is 3.32. The topological polar surface area (TPSA) is 55.4 Å². The Morgan fingerprint density at radius 2 is 2.06 bits per heavy atom. The van der Waals surface area contributed by atoms with Crippen LogP contribution in [0.4, 0.5) is 0 Å². The van der Waals surface area contributed by atoms with E-state index >= 15 is 0 Å². The van der Waals surface area contributed by atoms with Crippen molar-refractivity contribution in [2.24, 2.45) is 0 Å². The Kier molecular flexibility index (Phi) is 4.77. The molecular weight excluding hydrogens is 218 g/mol. The van der Waals surface area contributed by atoms with Crippen molar-refractivity contribution in [3.63, 3.8) is 0 Å². The number of terminal acetylenes is 1. The molecule has 0 bridgehead atoms. The molecule has 1 atom stereocenters. The van der Waals surface area contributed by atoms with Crippen LogP contribution >= 0.6 is 0 Å². The van der Waals surface area contributed by atoms with Gasteiger partial charge in [-0.3, -0.25) is 4.79 Å². The minimum Gasteiger partial charge on any atom is -0.467 e. The third-order valence-corrected chi connectivity index (χ3v) is 2.15. The van der Waals surface area contributed by atoms with Crippen LogP contribution in [0.1, 0.15) is 16.8 Å². The summed E-state index contributed by atoms with van der Waals surface area (Å²) in [5, 5.41) is 2.53. The molecule has 1 aromatic rings. The van der Waals surface area contributed by atoms with Crippen molar-refractivity contribution in [1.29, 1.82) is 0 Å².